The van der Waals surface area contributed by atoms with E-state index in [1.54, 1.807) is 25.2 Å². The molecule has 2 aromatic heterocycles. The van der Waals surface area contributed by atoms with Crippen LogP contribution in [0.1, 0.15) is 16.7 Å². The average Bonchev–Trinajstić information content (AvgIpc) is 2.94. The van der Waals surface area contributed by atoms with Crippen LogP contribution in [0.3, 0.4) is 0 Å². The van der Waals surface area contributed by atoms with Crippen molar-refractivity contribution in [1.82, 2.24) is 4.57 Å². The molecule has 0 spiro atoms. The minimum atomic E-state index is -0.429. The number of nitrogens with zero attached hydrogens (tertiary/aromatic N) is 1. The molecule has 3 rings (SSSR count). The van der Waals surface area contributed by atoms with Crippen molar-refractivity contribution in [3.05, 3.63) is 56.9 Å². The van der Waals surface area contributed by atoms with Crippen molar-refractivity contribution in [1.29, 1.82) is 0 Å². The van der Waals surface area contributed by atoms with Crippen molar-refractivity contribution in [2.24, 2.45) is 7.05 Å². The van der Waals surface area contributed by atoms with Gasteiger partial charge < -0.3 is 8.83 Å². The summed E-state index contributed by atoms with van der Waals surface area (Å²) in [5.41, 5.74) is 2.06. The lowest BCUT2D eigenvalue weighted by atomic mass is 10.1. The fourth-order valence-electron chi connectivity index (χ4n) is 1.94. The summed E-state index contributed by atoms with van der Waals surface area (Å²) in [7, 11) is 1.66. The highest BCUT2D eigenvalue weighted by atomic mass is 79.9. The smallest absolute Gasteiger partial charge is 0.419 e. The molecule has 0 fully saturated rings. The van der Waals surface area contributed by atoms with Crippen molar-refractivity contribution in [2.45, 2.75) is 5.38 Å². The van der Waals surface area contributed by atoms with E-state index in [9.17, 15) is 4.79 Å². The summed E-state index contributed by atoms with van der Waals surface area (Å²) in [6.45, 7) is 0. The second-order valence-electron chi connectivity index (χ2n) is 4.16. The maximum atomic E-state index is 11.4. The second-order valence-corrected chi connectivity index (χ2v) is 5.38. The lowest BCUT2D eigenvalue weighted by Crippen LogP contribution is -2.08. The topological polar surface area (TPSA) is 48.3 Å². The highest BCUT2D eigenvalue weighted by molar-refractivity contribution is 9.10. The van der Waals surface area contributed by atoms with E-state index in [2.05, 4.69) is 15.9 Å². The number of aromatic nitrogens is 1. The zero-order chi connectivity index (χ0) is 13.6. The fraction of sp³-hybridized carbons (Fsp3) is 0.154. The molecule has 19 heavy (non-hydrogen) atoms. The molecule has 0 saturated carbocycles. The van der Waals surface area contributed by atoms with Crippen LogP contribution in [-0.4, -0.2) is 4.57 Å². The number of hydrogen-bond donors (Lipinski definition) is 0. The van der Waals surface area contributed by atoms with Crippen molar-refractivity contribution in [2.75, 3.05) is 0 Å². The first kappa shape index (κ1) is 12.6. The molecular formula is C13H9BrClNO3. The first-order valence-electron chi connectivity index (χ1n) is 5.55. The molecule has 3 aromatic rings. The third kappa shape index (κ3) is 2.13. The van der Waals surface area contributed by atoms with Crippen LogP contribution in [0.4, 0.5) is 0 Å². The molecular weight excluding hydrogens is 334 g/mol. The van der Waals surface area contributed by atoms with E-state index in [0.29, 0.717) is 16.0 Å². The monoisotopic (exact) mass is 341 g/mol. The van der Waals surface area contributed by atoms with Gasteiger partial charge in [-0.15, -0.1) is 11.6 Å². The number of rotatable bonds is 2. The normalized spacial score (nSPS) is 13.0. The Balaban J connectivity index is 2.08. The minimum absolute atomic E-state index is 0.390. The van der Waals surface area contributed by atoms with Crippen molar-refractivity contribution in [3.8, 4) is 0 Å². The van der Waals surface area contributed by atoms with Crippen LogP contribution in [0, 0.1) is 0 Å². The van der Waals surface area contributed by atoms with Gasteiger partial charge in [0.25, 0.3) is 0 Å². The number of fused-ring (bicyclic) bond motifs is 1. The van der Waals surface area contributed by atoms with E-state index in [4.69, 9.17) is 20.4 Å². The van der Waals surface area contributed by atoms with Gasteiger partial charge in [-0.3, -0.25) is 4.57 Å². The van der Waals surface area contributed by atoms with E-state index in [1.807, 2.05) is 12.1 Å². The van der Waals surface area contributed by atoms with E-state index in [-0.39, 0.29) is 5.76 Å². The highest BCUT2D eigenvalue weighted by Gasteiger charge is 2.16. The quantitative estimate of drug-likeness (QED) is 0.665. The molecule has 6 heteroatoms. The van der Waals surface area contributed by atoms with Gasteiger partial charge in [-0.05, 0) is 45.8 Å². The summed E-state index contributed by atoms with van der Waals surface area (Å²) in [5, 5.41) is -0.429. The average molecular weight is 343 g/mol. The van der Waals surface area contributed by atoms with Crippen LogP contribution < -0.4 is 5.76 Å². The van der Waals surface area contributed by atoms with Crippen molar-refractivity contribution < 1.29 is 8.83 Å². The third-order valence-corrected chi connectivity index (χ3v) is 3.85. The van der Waals surface area contributed by atoms with Crippen LogP contribution in [0.15, 0.2) is 48.6 Å². The Hall–Kier alpha value is -1.46. The Morgan fingerprint density at radius 2 is 2.05 bits per heavy atom. The highest BCUT2D eigenvalue weighted by Crippen LogP contribution is 2.32. The zero-order valence-corrected chi connectivity index (χ0v) is 12.2. The first-order valence-corrected chi connectivity index (χ1v) is 6.78. The predicted octanol–water partition coefficient (Wildman–Crippen LogP) is 3.82. The zero-order valence-electron chi connectivity index (χ0n) is 9.89. The number of hydrogen-bond acceptors (Lipinski definition) is 3. The molecule has 0 aliphatic rings. The van der Waals surface area contributed by atoms with Crippen molar-refractivity contribution >= 4 is 38.6 Å². The maximum absolute atomic E-state index is 11.4. The Morgan fingerprint density at radius 3 is 2.74 bits per heavy atom. The lowest BCUT2D eigenvalue weighted by Gasteiger charge is -2.06. The molecule has 0 aliphatic heterocycles. The Morgan fingerprint density at radius 1 is 1.26 bits per heavy atom. The Kier molecular flexibility index (Phi) is 3.03. The van der Waals surface area contributed by atoms with Crippen LogP contribution >= 0.6 is 27.5 Å². The predicted molar refractivity (Wildman–Crippen MR) is 75.6 cm³/mol. The van der Waals surface area contributed by atoms with Gasteiger partial charge in [0.05, 0.1) is 5.52 Å². The van der Waals surface area contributed by atoms with E-state index < -0.39 is 5.38 Å². The largest absolute Gasteiger partial charge is 0.452 e. The fourth-order valence-corrected chi connectivity index (χ4v) is 2.51. The van der Waals surface area contributed by atoms with Crippen molar-refractivity contribution in [3.63, 3.8) is 0 Å². The SMILES string of the molecule is Cn1c(=O)oc2cc(C(Cl)c3ccc(Br)o3)ccc21. The molecule has 1 atom stereocenters. The van der Waals surface area contributed by atoms with Crippen LogP contribution in [0.5, 0.6) is 0 Å². The standard InChI is InChI=1S/C13H9BrClNO3/c1-16-8-3-2-7(6-10(8)19-13(16)17)12(15)9-4-5-11(14)18-9/h2-6,12H,1H3. The van der Waals surface area contributed by atoms with E-state index >= 15 is 0 Å². The minimum Gasteiger partial charge on any atom is -0.452 e. The molecule has 0 N–H and O–H groups in total. The van der Waals surface area contributed by atoms with Gasteiger partial charge in [0.2, 0.25) is 0 Å². The van der Waals surface area contributed by atoms with E-state index in [0.717, 1.165) is 11.1 Å². The summed E-state index contributed by atoms with van der Waals surface area (Å²) in [4.78, 5) is 11.4. The van der Waals surface area contributed by atoms with Gasteiger partial charge in [-0.1, -0.05) is 6.07 Å². The van der Waals surface area contributed by atoms with E-state index in [1.165, 1.54) is 4.57 Å². The molecule has 0 bridgehead atoms. The van der Waals surface area contributed by atoms with Gasteiger partial charge >= 0.3 is 5.76 Å². The number of oxazole rings is 1. The summed E-state index contributed by atoms with van der Waals surface area (Å²) in [6, 6.07) is 9.00. The molecule has 98 valence electrons. The number of furan rings is 1. The van der Waals surface area contributed by atoms with Gasteiger partial charge in [-0.25, -0.2) is 4.79 Å². The van der Waals surface area contributed by atoms with Gasteiger partial charge in [0.15, 0.2) is 10.3 Å². The van der Waals surface area contributed by atoms with Gasteiger partial charge in [0.1, 0.15) is 11.1 Å². The van der Waals surface area contributed by atoms with Crippen LogP contribution in [0.2, 0.25) is 0 Å². The molecule has 0 aliphatic carbocycles. The maximum Gasteiger partial charge on any atom is 0.419 e. The van der Waals surface area contributed by atoms with Gasteiger partial charge in [0, 0.05) is 7.05 Å². The number of alkyl halides is 1. The van der Waals surface area contributed by atoms with Gasteiger partial charge in [-0.2, -0.15) is 0 Å². The molecule has 1 aromatic carbocycles. The first-order chi connectivity index (χ1) is 9.06. The summed E-state index contributed by atoms with van der Waals surface area (Å²) in [5.74, 6) is 0.241. The van der Waals surface area contributed by atoms with Crippen LogP contribution in [0.25, 0.3) is 11.1 Å². The summed E-state index contributed by atoms with van der Waals surface area (Å²) in [6.07, 6.45) is 0. The Bertz CT molecular complexity index is 802. The molecule has 0 saturated heterocycles. The molecule has 1 unspecified atom stereocenters. The number of aryl methyl sites for hydroxylation is 1. The molecule has 2 heterocycles. The summed E-state index contributed by atoms with van der Waals surface area (Å²) < 4.78 is 12.6. The summed E-state index contributed by atoms with van der Waals surface area (Å²) >= 11 is 9.59. The number of benzene rings is 1. The third-order valence-electron chi connectivity index (χ3n) is 2.95. The molecule has 0 radical (unpaired) electrons. The second kappa shape index (κ2) is 4.58. The molecule has 0 amide bonds. The van der Waals surface area contributed by atoms with Crippen LogP contribution in [-0.2, 0) is 7.05 Å². The number of halogens is 2. The molecule has 4 nitrogen and oxygen atoms in total. The lowest BCUT2D eigenvalue weighted by molar-refractivity contribution is 0.494. The Labute approximate surface area is 121 Å².